The summed E-state index contributed by atoms with van der Waals surface area (Å²) in [6, 6.07) is 4.10. The van der Waals surface area contributed by atoms with Crippen LogP contribution in [0.15, 0.2) is 18.5 Å². The zero-order valence-corrected chi connectivity index (χ0v) is 10.7. The smallest absolute Gasteiger partial charge is 0.240 e. The number of amides is 1. The van der Waals surface area contributed by atoms with E-state index >= 15 is 0 Å². The first-order chi connectivity index (χ1) is 8.61. The number of hydrogen-bond donors (Lipinski definition) is 2. The SMILES string of the molecule is Cc1cc2ncn(CC(=O)NCCN)c2cc1C. The average Bonchev–Trinajstić information content (AvgIpc) is 2.70. The number of nitrogens with zero attached hydrogens (tertiary/aromatic N) is 2. The maximum atomic E-state index is 11.6. The third-order valence-corrected chi connectivity index (χ3v) is 3.02. The molecule has 5 heteroatoms. The standard InChI is InChI=1S/C13H18N4O/c1-9-5-11-12(6-10(9)2)17(8-16-11)7-13(18)15-4-3-14/h5-6,8H,3-4,7,14H2,1-2H3,(H,15,18). The van der Waals surface area contributed by atoms with Gasteiger partial charge in [0, 0.05) is 13.1 Å². The monoisotopic (exact) mass is 246 g/mol. The van der Waals surface area contributed by atoms with Gasteiger partial charge in [0.15, 0.2) is 0 Å². The molecule has 0 bridgehead atoms. The number of hydrogen-bond acceptors (Lipinski definition) is 3. The number of aryl methyl sites for hydroxylation is 2. The molecule has 0 saturated heterocycles. The molecular weight excluding hydrogens is 228 g/mol. The van der Waals surface area contributed by atoms with Crippen LogP contribution in [0.4, 0.5) is 0 Å². The molecule has 3 N–H and O–H groups in total. The van der Waals surface area contributed by atoms with Gasteiger partial charge in [0.2, 0.25) is 5.91 Å². The summed E-state index contributed by atoms with van der Waals surface area (Å²) in [5, 5.41) is 2.75. The summed E-state index contributed by atoms with van der Waals surface area (Å²) in [5.74, 6) is -0.0435. The largest absolute Gasteiger partial charge is 0.353 e. The number of aromatic nitrogens is 2. The molecule has 0 aliphatic heterocycles. The lowest BCUT2D eigenvalue weighted by molar-refractivity contribution is -0.121. The van der Waals surface area contributed by atoms with Gasteiger partial charge in [-0.15, -0.1) is 0 Å². The highest BCUT2D eigenvalue weighted by molar-refractivity contribution is 5.81. The summed E-state index contributed by atoms with van der Waals surface area (Å²) < 4.78 is 1.85. The predicted molar refractivity (Wildman–Crippen MR) is 71.3 cm³/mol. The minimum absolute atomic E-state index is 0.0435. The lowest BCUT2D eigenvalue weighted by atomic mass is 10.1. The van der Waals surface area contributed by atoms with Gasteiger partial charge in [0.1, 0.15) is 6.54 Å². The third kappa shape index (κ3) is 2.51. The van der Waals surface area contributed by atoms with Gasteiger partial charge >= 0.3 is 0 Å². The molecule has 0 saturated carbocycles. The van der Waals surface area contributed by atoms with Crippen LogP contribution in [0.3, 0.4) is 0 Å². The summed E-state index contributed by atoms with van der Waals surface area (Å²) in [7, 11) is 0. The van der Waals surface area contributed by atoms with Crippen LogP contribution >= 0.6 is 0 Å². The van der Waals surface area contributed by atoms with Crippen molar-refractivity contribution in [2.45, 2.75) is 20.4 Å². The van der Waals surface area contributed by atoms with Crippen molar-refractivity contribution < 1.29 is 4.79 Å². The summed E-state index contributed by atoms with van der Waals surface area (Å²) in [6.07, 6.45) is 1.70. The first kappa shape index (κ1) is 12.6. The number of rotatable bonds is 4. The highest BCUT2D eigenvalue weighted by atomic mass is 16.1. The van der Waals surface area contributed by atoms with Gasteiger partial charge in [0.05, 0.1) is 17.4 Å². The van der Waals surface area contributed by atoms with E-state index in [0.717, 1.165) is 11.0 Å². The summed E-state index contributed by atoms with van der Waals surface area (Å²) in [6.45, 7) is 5.35. The number of nitrogens with one attached hydrogen (secondary N) is 1. The molecule has 1 heterocycles. The molecule has 0 atom stereocenters. The Labute approximate surface area is 106 Å². The van der Waals surface area contributed by atoms with E-state index in [0.29, 0.717) is 13.1 Å². The topological polar surface area (TPSA) is 72.9 Å². The van der Waals surface area contributed by atoms with Crippen LogP contribution in [-0.4, -0.2) is 28.5 Å². The highest BCUT2D eigenvalue weighted by Gasteiger charge is 2.08. The van der Waals surface area contributed by atoms with Crippen molar-refractivity contribution in [3.8, 4) is 0 Å². The number of benzene rings is 1. The minimum Gasteiger partial charge on any atom is -0.353 e. The number of nitrogens with two attached hydrogens (primary N) is 1. The summed E-state index contributed by atoms with van der Waals surface area (Å²) in [4.78, 5) is 16.0. The quantitative estimate of drug-likeness (QED) is 0.835. The Morgan fingerprint density at radius 2 is 2.11 bits per heavy atom. The van der Waals surface area contributed by atoms with Gasteiger partial charge in [0.25, 0.3) is 0 Å². The molecule has 0 unspecified atom stereocenters. The second-order valence-electron chi connectivity index (χ2n) is 4.44. The van der Waals surface area contributed by atoms with Crippen LogP contribution in [0.2, 0.25) is 0 Å². The van der Waals surface area contributed by atoms with Crippen molar-refractivity contribution in [2.75, 3.05) is 13.1 Å². The fraction of sp³-hybridized carbons (Fsp3) is 0.385. The maximum Gasteiger partial charge on any atom is 0.240 e. The number of imidazole rings is 1. The molecule has 5 nitrogen and oxygen atoms in total. The van der Waals surface area contributed by atoms with Crippen LogP contribution in [0.1, 0.15) is 11.1 Å². The first-order valence-corrected chi connectivity index (χ1v) is 6.00. The van der Waals surface area contributed by atoms with Crippen molar-refractivity contribution >= 4 is 16.9 Å². The molecular formula is C13H18N4O. The van der Waals surface area contributed by atoms with E-state index in [2.05, 4.69) is 30.2 Å². The van der Waals surface area contributed by atoms with Gasteiger partial charge in [-0.3, -0.25) is 4.79 Å². The van der Waals surface area contributed by atoms with E-state index in [1.807, 2.05) is 10.6 Å². The zero-order chi connectivity index (χ0) is 13.1. The number of fused-ring (bicyclic) bond motifs is 1. The molecule has 1 amide bonds. The van der Waals surface area contributed by atoms with E-state index < -0.39 is 0 Å². The first-order valence-electron chi connectivity index (χ1n) is 6.00. The lowest BCUT2D eigenvalue weighted by Gasteiger charge is -2.06. The Morgan fingerprint density at radius 3 is 2.83 bits per heavy atom. The molecule has 0 radical (unpaired) electrons. The van der Waals surface area contributed by atoms with E-state index in [9.17, 15) is 4.79 Å². The molecule has 0 spiro atoms. The van der Waals surface area contributed by atoms with E-state index in [-0.39, 0.29) is 12.5 Å². The molecule has 0 aliphatic carbocycles. The number of carbonyl (C=O) groups excluding carboxylic acids is 1. The molecule has 96 valence electrons. The van der Waals surface area contributed by atoms with Crippen molar-refractivity contribution in [2.24, 2.45) is 5.73 Å². The van der Waals surface area contributed by atoms with E-state index in [4.69, 9.17) is 5.73 Å². The molecule has 2 rings (SSSR count). The summed E-state index contributed by atoms with van der Waals surface area (Å²) >= 11 is 0. The van der Waals surface area contributed by atoms with Gasteiger partial charge in [-0.2, -0.15) is 0 Å². The van der Waals surface area contributed by atoms with Crippen LogP contribution in [0.5, 0.6) is 0 Å². The second kappa shape index (κ2) is 5.18. The Balaban J connectivity index is 2.24. The van der Waals surface area contributed by atoms with Gasteiger partial charge in [-0.05, 0) is 37.1 Å². The van der Waals surface area contributed by atoms with Gasteiger partial charge in [-0.25, -0.2) is 4.98 Å². The van der Waals surface area contributed by atoms with Gasteiger partial charge in [-0.1, -0.05) is 0 Å². The van der Waals surface area contributed by atoms with Crippen LogP contribution in [0, 0.1) is 13.8 Å². The van der Waals surface area contributed by atoms with Crippen molar-refractivity contribution in [3.63, 3.8) is 0 Å². The Hall–Kier alpha value is -1.88. The Bertz CT molecular complexity index is 574. The van der Waals surface area contributed by atoms with E-state index in [1.165, 1.54) is 11.1 Å². The third-order valence-electron chi connectivity index (χ3n) is 3.02. The molecule has 0 aliphatic rings. The lowest BCUT2D eigenvalue weighted by Crippen LogP contribution is -2.31. The fourth-order valence-electron chi connectivity index (χ4n) is 1.86. The predicted octanol–water partition coefficient (Wildman–Crippen LogP) is 0.728. The Morgan fingerprint density at radius 1 is 1.39 bits per heavy atom. The van der Waals surface area contributed by atoms with Crippen molar-refractivity contribution in [1.29, 1.82) is 0 Å². The van der Waals surface area contributed by atoms with Crippen LogP contribution in [0.25, 0.3) is 11.0 Å². The van der Waals surface area contributed by atoms with E-state index in [1.54, 1.807) is 6.33 Å². The fourth-order valence-corrected chi connectivity index (χ4v) is 1.86. The molecule has 2 aromatic rings. The average molecular weight is 246 g/mol. The molecule has 1 aromatic carbocycles. The molecule has 18 heavy (non-hydrogen) atoms. The van der Waals surface area contributed by atoms with Crippen molar-refractivity contribution in [1.82, 2.24) is 14.9 Å². The minimum atomic E-state index is -0.0435. The van der Waals surface area contributed by atoms with Gasteiger partial charge < -0.3 is 15.6 Å². The highest BCUT2D eigenvalue weighted by Crippen LogP contribution is 2.18. The molecule has 1 aromatic heterocycles. The zero-order valence-electron chi connectivity index (χ0n) is 10.7. The molecule has 0 fully saturated rings. The van der Waals surface area contributed by atoms with Crippen LogP contribution < -0.4 is 11.1 Å². The van der Waals surface area contributed by atoms with Crippen molar-refractivity contribution in [3.05, 3.63) is 29.6 Å². The maximum absolute atomic E-state index is 11.6. The second-order valence-corrected chi connectivity index (χ2v) is 4.44. The summed E-state index contributed by atoms with van der Waals surface area (Å²) in [5.41, 5.74) is 9.66. The Kier molecular flexibility index (Phi) is 3.62. The number of carbonyl (C=O) groups is 1. The normalized spacial score (nSPS) is 10.8. The van der Waals surface area contributed by atoms with Crippen LogP contribution in [-0.2, 0) is 11.3 Å².